The zero-order chi connectivity index (χ0) is 13.2. The molecule has 0 amide bonds. The van der Waals surface area contributed by atoms with Gasteiger partial charge < -0.3 is 15.4 Å². The summed E-state index contributed by atoms with van der Waals surface area (Å²) in [5.41, 5.74) is 7.13. The molecular formula is C15H23N3O. The Morgan fingerprint density at radius 2 is 2.26 bits per heavy atom. The fraction of sp³-hybridized carbons (Fsp3) is 0.667. The van der Waals surface area contributed by atoms with Crippen LogP contribution in [0, 0.1) is 0 Å². The van der Waals surface area contributed by atoms with Crippen molar-refractivity contribution < 1.29 is 4.74 Å². The van der Waals surface area contributed by atoms with E-state index in [-0.39, 0.29) is 6.04 Å². The summed E-state index contributed by atoms with van der Waals surface area (Å²) >= 11 is 0. The molecule has 2 aliphatic rings. The number of hydrogen-bond donors (Lipinski definition) is 1. The zero-order valence-corrected chi connectivity index (χ0v) is 11.6. The second-order valence-electron chi connectivity index (χ2n) is 5.69. The monoisotopic (exact) mass is 261 g/mol. The van der Waals surface area contributed by atoms with E-state index in [1.807, 2.05) is 19.2 Å². The Hall–Kier alpha value is -1.13. The molecule has 1 saturated heterocycles. The van der Waals surface area contributed by atoms with Gasteiger partial charge in [-0.2, -0.15) is 0 Å². The molecular weight excluding hydrogens is 238 g/mol. The molecule has 2 N–H and O–H groups in total. The van der Waals surface area contributed by atoms with Crippen molar-refractivity contribution in [2.24, 2.45) is 5.73 Å². The van der Waals surface area contributed by atoms with Gasteiger partial charge in [0, 0.05) is 18.8 Å². The van der Waals surface area contributed by atoms with Crippen LogP contribution in [-0.4, -0.2) is 30.3 Å². The molecule has 3 unspecified atom stereocenters. The SMILES string of the molecule is CC(N)c1ccnc(N2CCOC3CCCCC32)c1. The number of aromatic nitrogens is 1. The average molecular weight is 261 g/mol. The Balaban J connectivity index is 1.85. The van der Waals surface area contributed by atoms with Crippen LogP contribution in [-0.2, 0) is 4.74 Å². The van der Waals surface area contributed by atoms with Crippen LogP contribution < -0.4 is 10.6 Å². The maximum Gasteiger partial charge on any atom is 0.129 e. The van der Waals surface area contributed by atoms with Crippen LogP contribution in [0.2, 0.25) is 0 Å². The fourth-order valence-electron chi connectivity index (χ4n) is 3.26. The standard InChI is InChI=1S/C15H23N3O/c1-11(16)12-6-7-17-15(10-12)18-8-9-19-14-5-3-2-4-13(14)18/h6-7,10-11,13-14H,2-5,8-9,16H2,1H3. The first-order chi connectivity index (χ1) is 9.25. The molecule has 1 aromatic heterocycles. The average Bonchev–Trinajstić information content (AvgIpc) is 2.47. The van der Waals surface area contributed by atoms with Crippen molar-refractivity contribution in [1.82, 2.24) is 4.98 Å². The molecule has 0 aromatic carbocycles. The smallest absolute Gasteiger partial charge is 0.129 e. The van der Waals surface area contributed by atoms with Crippen molar-refractivity contribution >= 4 is 5.82 Å². The quantitative estimate of drug-likeness (QED) is 0.887. The third-order valence-electron chi connectivity index (χ3n) is 4.32. The van der Waals surface area contributed by atoms with Gasteiger partial charge in [-0.25, -0.2) is 4.98 Å². The van der Waals surface area contributed by atoms with E-state index in [1.54, 1.807) is 0 Å². The number of morpholine rings is 1. The predicted octanol–water partition coefficient (Wildman–Crippen LogP) is 2.25. The van der Waals surface area contributed by atoms with Crippen molar-refractivity contribution in [3.8, 4) is 0 Å². The lowest BCUT2D eigenvalue weighted by molar-refractivity contribution is -0.00899. The number of fused-ring (bicyclic) bond motifs is 1. The minimum absolute atomic E-state index is 0.0601. The Bertz CT molecular complexity index is 433. The highest BCUT2D eigenvalue weighted by Gasteiger charge is 2.34. The summed E-state index contributed by atoms with van der Waals surface area (Å²) in [5, 5.41) is 0. The highest BCUT2D eigenvalue weighted by atomic mass is 16.5. The topological polar surface area (TPSA) is 51.4 Å². The number of ether oxygens (including phenoxy) is 1. The first-order valence-corrected chi connectivity index (χ1v) is 7.35. The van der Waals surface area contributed by atoms with E-state index in [2.05, 4.69) is 16.0 Å². The van der Waals surface area contributed by atoms with Gasteiger partial charge in [0.2, 0.25) is 0 Å². The number of hydrogen-bond acceptors (Lipinski definition) is 4. The van der Waals surface area contributed by atoms with Gasteiger partial charge in [-0.05, 0) is 37.5 Å². The summed E-state index contributed by atoms with van der Waals surface area (Å²) in [4.78, 5) is 6.98. The van der Waals surface area contributed by atoms with Gasteiger partial charge in [0.15, 0.2) is 0 Å². The van der Waals surface area contributed by atoms with E-state index in [0.29, 0.717) is 12.1 Å². The van der Waals surface area contributed by atoms with Crippen molar-refractivity contribution in [3.63, 3.8) is 0 Å². The largest absolute Gasteiger partial charge is 0.374 e. The molecule has 2 fully saturated rings. The maximum atomic E-state index is 5.97. The molecule has 1 aliphatic heterocycles. The van der Waals surface area contributed by atoms with Gasteiger partial charge in [-0.1, -0.05) is 12.8 Å². The predicted molar refractivity (Wildman–Crippen MR) is 76.2 cm³/mol. The molecule has 0 radical (unpaired) electrons. The Morgan fingerprint density at radius 1 is 1.42 bits per heavy atom. The van der Waals surface area contributed by atoms with Gasteiger partial charge in [0.05, 0.1) is 18.8 Å². The van der Waals surface area contributed by atoms with E-state index in [9.17, 15) is 0 Å². The first kappa shape index (κ1) is 12.9. The molecule has 104 valence electrons. The molecule has 3 atom stereocenters. The molecule has 3 rings (SSSR count). The van der Waals surface area contributed by atoms with Gasteiger partial charge in [0.1, 0.15) is 5.82 Å². The van der Waals surface area contributed by atoms with E-state index in [0.717, 1.165) is 24.5 Å². The molecule has 2 heterocycles. The number of nitrogens with two attached hydrogens (primary N) is 1. The van der Waals surface area contributed by atoms with Crippen LogP contribution in [0.4, 0.5) is 5.82 Å². The molecule has 19 heavy (non-hydrogen) atoms. The zero-order valence-electron chi connectivity index (χ0n) is 11.6. The minimum Gasteiger partial charge on any atom is -0.374 e. The summed E-state index contributed by atoms with van der Waals surface area (Å²) in [7, 11) is 0. The molecule has 4 heteroatoms. The fourth-order valence-corrected chi connectivity index (χ4v) is 3.26. The van der Waals surface area contributed by atoms with Crippen molar-refractivity contribution in [2.75, 3.05) is 18.1 Å². The van der Waals surface area contributed by atoms with E-state index in [4.69, 9.17) is 10.5 Å². The lowest BCUT2D eigenvalue weighted by atomic mass is 9.90. The molecule has 1 saturated carbocycles. The lowest BCUT2D eigenvalue weighted by Gasteiger charge is -2.44. The van der Waals surface area contributed by atoms with Gasteiger partial charge >= 0.3 is 0 Å². The summed E-state index contributed by atoms with van der Waals surface area (Å²) in [5.74, 6) is 1.06. The first-order valence-electron chi connectivity index (χ1n) is 7.35. The van der Waals surface area contributed by atoms with Gasteiger partial charge in [0.25, 0.3) is 0 Å². The summed E-state index contributed by atoms with van der Waals surface area (Å²) in [6, 6.07) is 4.71. The Morgan fingerprint density at radius 3 is 3.11 bits per heavy atom. The summed E-state index contributed by atoms with van der Waals surface area (Å²) in [6.45, 7) is 3.77. The Kier molecular flexibility index (Phi) is 3.71. The van der Waals surface area contributed by atoms with E-state index in [1.165, 1.54) is 25.7 Å². The van der Waals surface area contributed by atoms with Gasteiger partial charge in [-0.3, -0.25) is 0 Å². The van der Waals surface area contributed by atoms with E-state index < -0.39 is 0 Å². The number of pyridine rings is 1. The third-order valence-corrected chi connectivity index (χ3v) is 4.32. The molecule has 4 nitrogen and oxygen atoms in total. The van der Waals surface area contributed by atoms with Crippen LogP contribution in [0.15, 0.2) is 18.3 Å². The lowest BCUT2D eigenvalue weighted by Crippen LogP contribution is -2.53. The van der Waals surface area contributed by atoms with Crippen LogP contribution in [0.5, 0.6) is 0 Å². The third kappa shape index (κ3) is 2.60. The highest BCUT2D eigenvalue weighted by Crippen LogP contribution is 2.31. The second kappa shape index (κ2) is 5.47. The number of anilines is 1. The highest BCUT2D eigenvalue weighted by molar-refractivity contribution is 5.44. The van der Waals surface area contributed by atoms with Crippen molar-refractivity contribution in [3.05, 3.63) is 23.9 Å². The normalized spacial score (nSPS) is 28.8. The summed E-state index contributed by atoms with van der Waals surface area (Å²) in [6.07, 6.45) is 7.27. The molecule has 0 bridgehead atoms. The second-order valence-corrected chi connectivity index (χ2v) is 5.69. The number of rotatable bonds is 2. The number of nitrogens with zero attached hydrogens (tertiary/aromatic N) is 2. The van der Waals surface area contributed by atoms with Crippen LogP contribution in [0.25, 0.3) is 0 Å². The maximum absolute atomic E-state index is 5.97. The summed E-state index contributed by atoms with van der Waals surface area (Å²) < 4.78 is 5.92. The van der Waals surface area contributed by atoms with Gasteiger partial charge in [-0.15, -0.1) is 0 Å². The van der Waals surface area contributed by atoms with Crippen molar-refractivity contribution in [2.45, 2.75) is 50.8 Å². The molecule has 1 aromatic rings. The van der Waals surface area contributed by atoms with Crippen LogP contribution in [0.1, 0.15) is 44.2 Å². The van der Waals surface area contributed by atoms with Crippen LogP contribution in [0.3, 0.4) is 0 Å². The Labute approximate surface area is 115 Å². The van der Waals surface area contributed by atoms with Crippen LogP contribution >= 0.6 is 0 Å². The van der Waals surface area contributed by atoms with Crippen molar-refractivity contribution in [1.29, 1.82) is 0 Å². The molecule has 1 aliphatic carbocycles. The van der Waals surface area contributed by atoms with E-state index >= 15 is 0 Å². The minimum atomic E-state index is 0.0601. The molecule has 0 spiro atoms.